The number of hydrogen-bond acceptors (Lipinski definition) is 1. The Bertz CT molecular complexity index is 1150. The molecule has 0 spiro atoms. The molecule has 0 unspecified atom stereocenters. The van der Waals surface area contributed by atoms with Crippen LogP contribution in [0.3, 0.4) is 0 Å². The van der Waals surface area contributed by atoms with Crippen LogP contribution in [0, 0.1) is 0 Å². The standard InChI is InChI=1S/C26H25ClN2O/c1-18(19-8-4-3-5-9-19)28-26(30)16-23(20-12-14-21(27)15-13-20)24-17-29(2)25-11-7-6-10-22(24)25/h3-15,17-18,23H,16H2,1-2H3,(H,28,30)/t18-,23+/m0/s1. The minimum atomic E-state index is -0.0589. The van der Waals surface area contributed by atoms with Gasteiger partial charge in [0.05, 0.1) is 6.04 Å². The lowest BCUT2D eigenvalue weighted by Gasteiger charge is -2.20. The average molecular weight is 417 g/mol. The number of para-hydroxylation sites is 1. The molecule has 4 heteroatoms. The number of carbonyl (C=O) groups is 1. The number of amides is 1. The number of rotatable bonds is 6. The Kier molecular flexibility index (Phi) is 5.91. The highest BCUT2D eigenvalue weighted by Gasteiger charge is 2.23. The third-order valence-corrected chi connectivity index (χ3v) is 5.89. The Labute approximate surface area is 182 Å². The second-order valence-electron chi connectivity index (χ2n) is 7.72. The quantitative estimate of drug-likeness (QED) is 0.397. The van der Waals surface area contributed by atoms with Crippen molar-refractivity contribution in [1.82, 2.24) is 9.88 Å². The van der Waals surface area contributed by atoms with Crippen LogP contribution in [0.15, 0.2) is 85.1 Å². The van der Waals surface area contributed by atoms with Crippen molar-refractivity contribution in [3.8, 4) is 0 Å². The molecule has 3 aromatic carbocycles. The molecule has 0 aliphatic heterocycles. The zero-order valence-electron chi connectivity index (χ0n) is 17.2. The van der Waals surface area contributed by atoms with E-state index in [1.807, 2.05) is 80.7 Å². The number of hydrogen-bond donors (Lipinski definition) is 1. The second-order valence-corrected chi connectivity index (χ2v) is 8.16. The largest absolute Gasteiger partial charge is 0.350 e. The van der Waals surface area contributed by atoms with E-state index in [2.05, 4.69) is 28.2 Å². The van der Waals surface area contributed by atoms with Crippen molar-refractivity contribution in [2.75, 3.05) is 0 Å². The van der Waals surface area contributed by atoms with Crippen LogP contribution in [-0.4, -0.2) is 10.5 Å². The van der Waals surface area contributed by atoms with Gasteiger partial charge in [0.2, 0.25) is 5.91 Å². The first-order chi connectivity index (χ1) is 14.5. The van der Waals surface area contributed by atoms with E-state index >= 15 is 0 Å². The van der Waals surface area contributed by atoms with E-state index < -0.39 is 0 Å². The van der Waals surface area contributed by atoms with Crippen molar-refractivity contribution in [2.45, 2.75) is 25.3 Å². The van der Waals surface area contributed by atoms with Crippen molar-refractivity contribution in [1.29, 1.82) is 0 Å². The van der Waals surface area contributed by atoms with Gasteiger partial charge in [-0.05, 0) is 41.8 Å². The topological polar surface area (TPSA) is 34.0 Å². The third kappa shape index (κ3) is 4.27. The van der Waals surface area contributed by atoms with Crippen LogP contribution in [0.2, 0.25) is 5.02 Å². The fourth-order valence-electron chi connectivity index (χ4n) is 4.06. The van der Waals surface area contributed by atoms with Gasteiger partial charge >= 0.3 is 0 Å². The molecule has 4 rings (SSSR count). The molecule has 4 aromatic rings. The van der Waals surface area contributed by atoms with Gasteiger partial charge in [-0.15, -0.1) is 0 Å². The SMILES string of the molecule is C[C@H](NC(=O)C[C@H](c1ccc(Cl)cc1)c1cn(C)c2ccccc12)c1ccccc1. The van der Waals surface area contributed by atoms with Crippen molar-refractivity contribution in [3.63, 3.8) is 0 Å². The van der Waals surface area contributed by atoms with Crippen LogP contribution < -0.4 is 5.32 Å². The summed E-state index contributed by atoms with van der Waals surface area (Å²) in [4.78, 5) is 13.0. The average Bonchev–Trinajstić information content (AvgIpc) is 3.10. The number of carbonyl (C=O) groups excluding carboxylic acids is 1. The monoisotopic (exact) mass is 416 g/mol. The highest BCUT2D eigenvalue weighted by Crippen LogP contribution is 2.35. The van der Waals surface area contributed by atoms with E-state index in [0.29, 0.717) is 11.4 Å². The smallest absolute Gasteiger partial charge is 0.221 e. The first-order valence-corrected chi connectivity index (χ1v) is 10.5. The van der Waals surface area contributed by atoms with Gasteiger partial charge in [-0.1, -0.05) is 72.3 Å². The maximum atomic E-state index is 13.0. The molecule has 0 fully saturated rings. The van der Waals surface area contributed by atoms with Gasteiger partial charge in [-0.2, -0.15) is 0 Å². The number of halogens is 1. The fraction of sp³-hybridized carbons (Fsp3) is 0.192. The number of aromatic nitrogens is 1. The number of aryl methyl sites for hydroxylation is 1. The van der Waals surface area contributed by atoms with Gasteiger partial charge in [-0.3, -0.25) is 4.79 Å². The van der Waals surface area contributed by atoms with Crippen LogP contribution in [0.5, 0.6) is 0 Å². The first kappa shape index (κ1) is 20.2. The second kappa shape index (κ2) is 8.76. The third-order valence-electron chi connectivity index (χ3n) is 5.64. The van der Waals surface area contributed by atoms with E-state index in [1.54, 1.807) is 0 Å². The summed E-state index contributed by atoms with van der Waals surface area (Å²) in [5.74, 6) is -0.0319. The minimum Gasteiger partial charge on any atom is -0.350 e. The minimum absolute atomic E-state index is 0.0271. The first-order valence-electron chi connectivity index (χ1n) is 10.2. The molecule has 1 heterocycles. The van der Waals surface area contributed by atoms with Gasteiger partial charge in [0.25, 0.3) is 0 Å². The van der Waals surface area contributed by atoms with E-state index in [1.165, 1.54) is 5.39 Å². The van der Waals surface area contributed by atoms with Crippen molar-refractivity contribution in [3.05, 3.63) is 107 Å². The molecule has 0 radical (unpaired) electrons. The van der Waals surface area contributed by atoms with Gasteiger partial charge in [0.1, 0.15) is 0 Å². The zero-order valence-corrected chi connectivity index (χ0v) is 17.9. The van der Waals surface area contributed by atoms with Gasteiger partial charge < -0.3 is 9.88 Å². The Morgan fingerprint density at radius 3 is 2.33 bits per heavy atom. The Morgan fingerprint density at radius 1 is 0.933 bits per heavy atom. The van der Waals surface area contributed by atoms with Gasteiger partial charge in [-0.25, -0.2) is 0 Å². The molecule has 0 saturated carbocycles. The summed E-state index contributed by atoms with van der Waals surface area (Å²) >= 11 is 6.12. The van der Waals surface area contributed by atoms with Crippen molar-refractivity contribution in [2.24, 2.45) is 7.05 Å². The summed E-state index contributed by atoms with van der Waals surface area (Å²) in [5, 5.41) is 5.02. The van der Waals surface area contributed by atoms with E-state index in [-0.39, 0.29) is 17.9 Å². The summed E-state index contributed by atoms with van der Waals surface area (Å²) in [6.45, 7) is 2.02. The van der Waals surface area contributed by atoms with Gasteiger partial charge in [0, 0.05) is 41.5 Å². The lowest BCUT2D eigenvalue weighted by Crippen LogP contribution is -2.28. The number of fused-ring (bicyclic) bond motifs is 1. The van der Waals surface area contributed by atoms with Crippen LogP contribution >= 0.6 is 11.6 Å². The maximum absolute atomic E-state index is 13.0. The van der Waals surface area contributed by atoms with Crippen LogP contribution in [0.25, 0.3) is 10.9 Å². The molecule has 2 atom stereocenters. The predicted octanol–water partition coefficient (Wildman–Crippen LogP) is 6.23. The lowest BCUT2D eigenvalue weighted by atomic mass is 9.88. The summed E-state index contributed by atoms with van der Waals surface area (Å²) in [7, 11) is 2.04. The normalized spacial score (nSPS) is 13.2. The molecular formula is C26H25ClN2O. The molecule has 1 N–H and O–H groups in total. The molecule has 0 aliphatic rings. The Morgan fingerprint density at radius 2 is 1.60 bits per heavy atom. The van der Waals surface area contributed by atoms with E-state index in [0.717, 1.165) is 22.2 Å². The zero-order chi connectivity index (χ0) is 21.1. The highest BCUT2D eigenvalue weighted by molar-refractivity contribution is 6.30. The van der Waals surface area contributed by atoms with Gasteiger partial charge in [0.15, 0.2) is 0 Å². The summed E-state index contributed by atoms with van der Waals surface area (Å²) in [6, 6.07) is 26.1. The summed E-state index contributed by atoms with van der Waals surface area (Å²) < 4.78 is 2.12. The molecule has 1 aromatic heterocycles. The molecule has 30 heavy (non-hydrogen) atoms. The molecule has 0 aliphatic carbocycles. The maximum Gasteiger partial charge on any atom is 0.221 e. The van der Waals surface area contributed by atoms with Crippen LogP contribution in [0.4, 0.5) is 0 Å². The molecule has 0 saturated heterocycles. The Hall–Kier alpha value is -3.04. The van der Waals surface area contributed by atoms with E-state index in [9.17, 15) is 4.79 Å². The van der Waals surface area contributed by atoms with Crippen molar-refractivity contribution < 1.29 is 4.79 Å². The molecule has 3 nitrogen and oxygen atoms in total. The molecule has 1 amide bonds. The van der Waals surface area contributed by atoms with Crippen molar-refractivity contribution >= 4 is 28.4 Å². The molecular weight excluding hydrogens is 392 g/mol. The predicted molar refractivity (Wildman–Crippen MR) is 124 cm³/mol. The summed E-state index contributed by atoms with van der Waals surface area (Å²) in [5.41, 5.74) is 4.49. The number of nitrogens with zero attached hydrogens (tertiary/aromatic N) is 1. The lowest BCUT2D eigenvalue weighted by molar-refractivity contribution is -0.121. The number of benzene rings is 3. The van der Waals surface area contributed by atoms with E-state index in [4.69, 9.17) is 11.6 Å². The Balaban J connectivity index is 1.66. The highest BCUT2D eigenvalue weighted by atomic mass is 35.5. The fourth-order valence-corrected chi connectivity index (χ4v) is 4.19. The number of nitrogens with one attached hydrogen (secondary N) is 1. The molecule has 152 valence electrons. The molecule has 0 bridgehead atoms. The summed E-state index contributed by atoms with van der Waals surface area (Å²) in [6.07, 6.45) is 2.50. The van der Waals surface area contributed by atoms with Crippen LogP contribution in [0.1, 0.15) is 42.0 Å². The van der Waals surface area contributed by atoms with Crippen LogP contribution in [-0.2, 0) is 11.8 Å².